The van der Waals surface area contributed by atoms with Crippen molar-refractivity contribution in [2.45, 2.75) is 0 Å². The van der Waals surface area contributed by atoms with E-state index in [1.807, 2.05) is 0 Å². The van der Waals surface area contributed by atoms with Gasteiger partial charge in [0.1, 0.15) is 5.75 Å². The molecule has 1 heterocycles. The number of halogens is 4. The summed E-state index contributed by atoms with van der Waals surface area (Å²) in [5, 5.41) is 10.2. The Hall–Kier alpha value is -2.06. The van der Waals surface area contributed by atoms with Gasteiger partial charge < -0.3 is 4.74 Å². The summed E-state index contributed by atoms with van der Waals surface area (Å²) in [7, 11) is 1.24. The minimum Gasteiger partial charge on any atom is -0.494 e. The van der Waals surface area contributed by atoms with E-state index in [1.165, 1.54) is 13.2 Å². The Kier molecular flexibility index (Phi) is 4.74. The highest BCUT2D eigenvalue weighted by Gasteiger charge is 2.43. The maximum Gasteiger partial charge on any atom is 0.273 e. The molecule has 0 fully saturated rings. The zero-order chi connectivity index (χ0) is 19.3. The van der Waals surface area contributed by atoms with Crippen molar-refractivity contribution in [3.63, 3.8) is 0 Å². The molecule has 0 aliphatic carbocycles. The van der Waals surface area contributed by atoms with E-state index in [0.29, 0.717) is 0 Å². The third-order valence-electron chi connectivity index (χ3n) is 3.72. The van der Waals surface area contributed by atoms with Gasteiger partial charge in [-0.05, 0) is 6.07 Å². The second-order valence-corrected chi connectivity index (χ2v) is 6.58. The number of rotatable bonds is 3. The first kappa shape index (κ1) is 18.7. The number of hydrogen-bond acceptors (Lipinski definition) is 5. The average molecular weight is 436 g/mol. The molecule has 0 N–H and O–H groups in total. The van der Waals surface area contributed by atoms with Gasteiger partial charge in [0.25, 0.3) is 17.5 Å². The molecule has 2 amide bonds. The smallest absolute Gasteiger partial charge is 0.273 e. The van der Waals surface area contributed by atoms with Crippen LogP contribution < -0.4 is 9.64 Å². The minimum absolute atomic E-state index is 0.0105. The molecular weight excluding hydrogens is 430 g/mol. The molecule has 0 unspecified atom stereocenters. The van der Waals surface area contributed by atoms with Gasteiger partial charge in [0, 0.05) is 6.07 Å². The Bertz CT molecular complexity index is 961. The summed E-state index contributed by atoms with van der Waals surface area (Å²) >= 11 is 24.1. The van der Waals surface area contributed by atoms with Crippen molar-refractivity contribution in [2.75, 3.05) is 12.0 Å². The summed E-state index contributed by atoms with van der Waals surface area (Å²) in [6, 6.07) is 3.43. The molecular formula is C15H6Cl4N2O5. The molecule has 1 aliphatic rings. The van der Waals surface area contributed by atoms with Gasteiger partial charge in [-0.2, -0.15) is 0 Å². The van der Waals surface area contributed by atoms with E-state index < -0.39 is 16.7 Å². The molecule has 3 rings (SSSR count). The Morgan fingerprint density at radius 2 is 1.46 bits per heavy atom. The first-order chi connectivity index (χ1) is 12.2. The lowest BCUT2D eigenvalue weighted by atomic mass is 10.1. The van der Waals surface area contributed by atoms with E-state index >= 15 is 0 Å². The number of hydrogen-bond donors (Lipinski definition) is 0. The zero-order valence-corrected chi connectivity index (χ0v) is 15.7. The van der Waals surface area contributed by atoms with Gasteiger partial charge in [0.2, 0.25) is 0 Å². The van der Waals surface area contributed by atoms with Crippen molar-refractivity contribution in [1.29, 1.82) is 0 Å². The third kappa shape index (κ3) is 2.59. The normalized spacial score (nSPS) is 13.2. The maximum atomic E-state index is 12.8. The van der Waals surface area contributed by atoms with Crippen LogP contribution in [0.15, 0.2) is 18.2 Å². The molecule has 0 saturated carbocycles. The Morgan fingerprint density at radius 3 is 1.88 bits per heavy atom. The lowest BCUT2D eigenvalue weighted by Crippen LogP contribution is -2.29. The fourth-order valence-electron chi connectivity index (χ4n) is 2.53. The molecule has 26 heavy (non-hydrogen) atoms. The molecule has 0 aromatic heterocycles. The second-order valence-electron chi connectivity index (χ2n) is 5.06. The molecule has 134 valence electrons. The maximum absolute atomic E-state index is 12.8. The standard InChI is InChI=1S/C15H6Cl4N2O5/c1-26-7-4-5(21(24)25)2-3-6(7)20-14(22)8-9(15(20)23)11(17)13(19)12(18)10(8)16/h2-4H,1H3. The molecule has 0 bridgehead atoms. The zero-order valence-electron chi connectivity index (χ0n) is 12.7. The average Bonchev–Trinajstić information content (AvgIpc) is 2.88. The van der Waals surface area contributed by atoms with Gasteiger partial charge in [0.15, 0.2) is 0 Å². The van der Waals surface area contributed by atoms with Crippen molar-refractivity contribution in [3.05, 3.63) is 59.5 Å². The predicted molar refractivity (Wildman–Crippen MR) is 97.3 cm³/mol. The number of nitro benzene ring substituents is 1. The summed E-state index contributed by atoms with van der Waals surface area (Å²) in [5.41, 5.74) is -0.680. The third-order valence-corrected chi connectivity index (χ3v) is 5.52. The minimum atomic E-state index is -0.803. The van der Waals surface area contributed by atoms with Crippen molar-refractivity contribution >= 4 is 69.6 Å². The van der Waals surface area contributed by atoms with Crippen molar-refractivity contribution in [2.24, 2.45) is 0 Å². The summed E-state index contributed by atoms with van der Waals surface area (Å²) in [6.07, 6.45) is 0. The number of nitro groups is 1. The fourth-order valence-corrected chi connectivity index (χ4v) is 3.55. The van der Waals surface area contributed by atoms with Crippen LogP contribution in [-0.2, 0) is 0 Å². The van der Waals surface area contributed by atoms with Gasteiger partial charge >= 0.3 is 0 Å². The summed E-state index contributed by atoms with van der Waals surface area (Å²) in [6.45, 7) is 0. The Labute approximate surface area is 166 Å². The van der Waals surface area contributed by atoms with Crippen molar-refractivity contribution in [3.8, 4) is 5.75 Å². The molecule has 0 spiro atoms. The van der Waals surface area contributed by atoms with Crippen LogP contribution in [0.25, 0.3) is 0 Å². The number of non-ortho nitro benzene ring substituents is 1. The number of anilines is 1. The van der Waals surface area contributed by atoms with Gasteiger partial charge in [0.05, 0.1) is 55.0 Å². The lowest BCUT2D eigenvalue weighted by Gasteiger charge is -2.17. The molecule has 0 radical (unpaired) electrons. The van der Waals surface area contributed by atoms with Crippen molar-refractivity contribution < 1.29 is 19.2 Å². The van der Waals surface area contributed by atoms with E-state index in [2.05, 4.69) is 0 Å². The highest BCUT2D eigenvalue weighted by atomic mass is 35.5. The predicted octanol–water partition coefficient (Wildman–Crippen LogP) is 5.02. The highest BCUT2D eigenvalue weighted by Crippen LogP contribution is 2.47. The highest BCUT2D eigenvalue weighted by molar-refractivity contribution is 6.56. The number of nitrogens with zero attached hydrogens (tertiary/aromatic N) is 2. The van der Waals surface area contributed by atoms with Crippen LogP contribution in [0.5, 0.6) is 5.75 Å². The molecule has 0 saturated heterocycles. The van der Waals surface area contributed by atoms with Crippen LogP contribution in [0.2, 0.25) is 20.1 Å². The largest absolute Gasteiger partial charge is 0.494 e. The van der Waals surface area contributed by atoms with Crippen LogP contribution in [0.4, 0.5) is 11.4 Å². The summed E-state index contributed by atoms with van der Waals surface area (Å²) < 4.78 is 5.08. The van der Waals surface area contributed by atoms with Crippen LogP contribution >= 0.6 is 46.4 Å². The van der Waals surface area contributed by atoms with E-state index in [4.69, 9.17) is 51.1 Å². The van der Waals surface area contributed by atoms with E-state index in [9.17, 15) is 19.7 Å². The molecule has 2 aromatic rings. The second kappa shape index (κ2) is 6.59. The molecule has 7 nitrogen and oxygen atoms in total. The number of methoxy groups -OCH3 is 1. The first-order valence-corrected chi connectivity index (χ1v) is 8.29. The van der Waals surface area contributed by atoms with Gasteiger partial charge in [-0.25, -0.2) is 4.90 Å². The van der Waals surface area contributed by atoms with E-state index in [1.54, 1.807) is 0 Å². The number of amides is 2. The SMILES string of the molecule is COc1cc([N+](=O)[O-])ccc1N1C(=O)c2c(Cl)c(Cl)c(Cl)c(Cl)c2C1=O. The number of carbonyl (C=O) groups excluding carboxylic acids is 2. The fraction of sp³-hybridized carbons (Fsp3) is 0.0667. The van der Waals surface area contributed by atoms with E-state index in [-0.39, 0.29) is 48.3 Å². The van der Waals surface area contributed by atoms with Crippen LogP contribution in [0.3, 0.4) is 0 Å². The monoisotopic (exact) mass is 434 g/mol. The van der Waals surface area contributed by atoms with Gasteiger partial charge in [-0.3, -0.25) is 19.7 Å². The quantitative estimate of drug-likeness (QED) is 0.222. The number of fused-ring (bicyclic) bond motifs is 1. The lowest BCUT2D eigenvalue weighted by molar-refractivity contribution is -0.384. The van der Waals surface area contributed by atoms with Crippen LogP contribution in [-0.4, -0.2) is 23.8 Å². The van der Waals surface area contributed by atoms with Crippen molar-refractivity contribution in [1.82, 2.24) is 0 Å². The first-order valence-electron chi connectivity index (χ1n) is 6.77. The number of carbonyl (C=O) groups is 2. The topological polar surface area (TPSA) is 89.8 Å². The van der Waals surface area contributed by atoms with Crippen LogP contribution in [0, 0.1) is 10.1 Å². The van der Waals surface area contributed by atoms with Crippen LogP contribution in [0.1, 0.15) is 20.7 Å². The Morgan fingerprint density at radius 1 is 0.962 bits per heavy atom. The van der Waals surface area contributed by atoms with Gasteiger partial charge in [-0.1, -0.05) is 46.4 Å². The molecule has 0 atom stereocenters. The molecule has 2 aromatic carbocycles. The van der Waals surface area contributed by atoms with Gasteiger partial charge in [-0.15, -0.1) is 0 Å². The molecule has 11 heteroatoms. The summed E-state index contributed by atoms with van der Waals surface area (Å²) in [4.78, 5) is 36.6. The number of imide groups is 1. The Balaban J connectivity index is 2.23. The number of benzene rings is 2. The summed E-state index contributed by atoms with van der Waals surface area (Å²) in [5.74, 6) is -1.66. The van der Waals surface area contributed by atoms with E-state index in [0.717, 1.165) is 17.0 Å². The number of ether oxygens (including phenoxy) is 1. The molecule has 1 aliphatic heterocycles.